The van der Waals surface area contributed by atoms with Crippen LogP contribution in [0.3, 0.4) is 0 Å². The number of fused-ring (bicyclic) bond motifs is 4. The fourth-order valence-corrected chi connectivity index (χ4v) is 5.81. The smallest absolute Gasteiger partial charge is 0.262 e. The van der Waals surface area contributed by atoms with Gasteiger partial charge in [0, 0.05) is 35.9 Å². The molecular weight excluding hydrogens is 426 g/mol. The van der Waals surface area contributed by atoms with Crippen molar-refractivity contribution in [1.29, 1.82) is 0 Å². The number of carbonyl (C=O) groups is 1. The van der Waals surface area contributed by atoms with Gasteiger partial charge >= 0.3 is 0 Å². The number of ether oxygens (including phenoxy) is 2. The number of hydrogen-bond donors (Lipinski definition) is 1. The molecule has 0 radical (unpaired) electrons. The number of thiophene rings is 1. The minimum absolute atomic E-state index is 0.0443. The summed E-state index contributed by atoms with van der Waals surface area (Å²) in [5.74, 6) is 1.24. The normalized spacial score (nSPS) is 17.0. The van der Waals surface area contributed by atoms with Gasteiger partial charge in [-0.05, 0) is 51.2 Å². The molecule has 1 aliphatic heterocycles. The molecule has 2 aliphatic rings. The van der Waals surface area contributed by atoms with Crippen LogP contribution in [0.1, 0.15) is 49.1 Å². The highest BCUT2D eigenvalue weighted by Gasteiger charge is 2.23. The molecule has 5 rings (SSSR count). The van der Waals surface area contributed by atoms with Gasteiger partial charge in [-0.25, -0.2) is 4.98 Å². The van der Waals surface area contributed by atoms with Gasteiger partial charge < -0.3 is 14.8 Å². The Hall–Kier alpha value is -2.87. The predicted molar refractivity (Wildman–Crippen MR) is 125 cm³/mol. The molecule has 0 fully saturated rings. The summed E-state index contributed by atoms with van der Waals surface area (Å²) in [6.07, 6.45) is 6.93. The molecule has 3 heterocycles. The Morgan fingerprint density at radius 2 is 2.19 bits per heavy atom. The fraction of sp³-hybridized carbons (Fsp3) is 0.458. The Labute approximate surface area is 190 Å². The molecule has 1 N–H and O–H groups in total. The number of hydrogen-bond acceptors (Lipinski definition) is 6. The highest BCUT2D eigenvalue weighted by Crippen LogP contribution is 2.38. The predicted octanol–water partition coefficient (Wildman–Crippen LogP) is 4.09. The lowest BCUT2D eigenvalue weighted by Crippen LogP contribution is -2.24. The van der Waals surface area contributed by atoms with E-state index in [1.165, 1.54) is 16.9 Å². The monoisotopic (exact) mass is 453 g/mol. The van der Waals surface area contributed by atoms with Gasteiger partial charge in [-0.2, -0.15) is 0 Å². The summed E-state index contributed by atoms with van der Waals surface area (Å²) in [6, 6.07) is 3.78. The van der Waals surface area contributed by atoms with Gasteiger partial charge in [0.15, 0.2) is 0 Å². The van der Waals surface area contributed by atoms with Crippen LogP contribution in [-0.2, 0) is 30.6 Å². The lowest BCUT2D eigenvalue weighted by atomic mass is 9.97. The lowest BCUT2D eigenvalue weighted by Gasteiger charge is -2.14. The summed E-state index contributed by atoms with van der Waals surface area (Å²) in [5, 5.41) is 3.68. The third kappa shape index (κ3) is 3.88. The molecule has 168 valence electrons. The largest absolute Gasteiger partial charge is 0.492 e. The quantitative estimate of drug-likeness (QED) is 0.608. The average molecular weight is 454 g/mol. The molecule has 0 bridgehead atoms. The SMILES string of the molecule is CCOc1cc2c(cc1NC(=O)CCn1cnc3sc4c(c3c1=O)CCCC4)O[C@H](C)C2. The topological polar surface area (TPSA) is 82.5 Å². The molecule has 1 aliphatic carbocycles. The van der Waals surface area contributed by atoms with Crippen molar-refractivity contribution < 1.29 is 14.3 Å². The third-order valence-corrected chi connectivity index (χ3v) is 7.29. The van der Waals surface area contributed by atoms with Gasteiger partial charge in [0.1, 0.15) is 22.4 Å². The Kier molecular flexibility index (Phi) is 5.63. The number of aromatic nitrogens is 2. The zero-order chi connectivity index (χ0) is 22.2. The number of aryl methyl sites for hydroxylation is 3. The summed E-state index contributed by atoms with van der Waals surface area (Å²) in [7, 11) is 0. The van der Waals surface area contributed by atoms with Crippen molar-refractivity contribution in [3.8, 4) is 11.5 Å². The van der Waals surface area contributed by atoms with E-state index < -0.39 is 0 Å². The van der Waals surface area contributed by atoms with E-state index in [-0.39, 0.29) is 30.5 Å². The number of carbonyl (C=O) groups excluding carboxylic acids is 1. The van der Waals surface area contributed by atoms with Crippen molar-refractivity contribution in [2.24, 2.45) is 0 Å². The Morgan fingerprint density at radius 1 is 1.34 bits per heavy atom. The zero-order valence-corrected chi connectivity index (χ0v) is 19.2. The van der Waals surface area contributed by atoms with Crippen LogP contribution in [0.25, 0.3) is 10.2 Å². The molecule has 1 atom stereocenters. The summed E-state index contributed by atoms with van der Waals surface area (Å²) < 4.78 is 13.1. The molecule has 0 spiro atoms. The van der Waals surface area contributed by atoms with Crippen molar-refractivity contribution >= 4 is 33.1 Å². The van der Waals surface area contributed by atoms with Crippen LogP contribution >= 0.6 is 11.3 Å². The van der Waals surface area contributed by atoms with E-state index in [9.17, 15) is 9.59 Å². The maximum atomic E-state index is 13.1. The van der Waals surface area contributed by atoms with E-state index in [0.717, 1.165) is 47.2 Å². The number of amides is 1. The van der Waals surface area contributed by atoms with Crippen LogP contribution in [0, 0.1) is 0 Å². The van der Waals surface area contributed by atoms with Crippen molar-refractivity contribution in [2.75, 3.05) is 11.9 Å². The molecule has 1 aromatic carbocycles. The van der Waals surface area contributed by atoms with Gasteiger partial charge in [0.25, 0.3) is 5.56 Å². The molecule has 3 aromatic rings. The Bertz CT molecular complexity index is 1250. The maximum absolute atomic E-state index is 13.1. The summed E-state index contributed by atoms with van der Waals surface area (Å²) >= 11 is 1.64. The van der Waals surface area contributed by atoms with Crippen LogP contribution in [0.2, 0.25) is 0 Å². The van der Waals surface area contributed by atoms with Crippen LogP contribution in [-0.4, -0.2) is 28.2 Å². The molecule has 0 saturated carbocycles. The summed E-state index contributed by atoms with van der Waals surface area (Å²) in [6.45, 7) is 4.72. The highest BCUT2D eigenvalue weighted by atomic mass is 32.1. The van der Waals surface area contributed by atoms with E-state index >= 15 is 0 Å². The minimum Gasteiger partial charge on any atom is -0.492 e. The molecule has 2 aromatic heterocycles. The number of benzene rings is 1. The first-order chi connectivity index (χ1) is 15.5. The van der Waals surface area contributed by atoms with Gasteiger partial charge in [0.2, 0.25) is 5.91 Å². The second-order valence-electron chi connectivity index (χ2n) is 8.45. The number of rotatable bonds is 6. The molecule has 32 heavy (non-hydrogen) atoms. The van der Waals surface area contributed by atoms with Crippen LogP contribution < -0.4 is 20.3 Å². The van der Waals surface area contributed by atoms with Crippen LogP contribution in [0.4, 0.5) is 5.69 Å². The Morgan fingerprint density at radius 3 is 3.03 bits per heavy atom. The minimum atomic E-state index is -0.184. The van der Waals surface area contributed by atoms with E-state index in [4.69, 9.17) is 9.47 Å². The van der Waals surface area contributed by atoms with Crippen LogP contribution in [0.15, 0.2) is 23.3 Å². The van der Waals surface area contributed by atoms with Crippen molar-refractivity contribution in [3.63, 3.8) is 0 Å². The zero-order valence-electron chi connectivity index (χ0n) is 18.4. The summed E-state index contributed by atoms with van der Waals surface area (Å²) in [4.78, 5) is 32.4. The van der Waals surface area contributed by atoms with Crippen molar-refractivity contribution in [1.82, 2.24) is 9.55 Å². The lowest BCUT2D eigenvalue weighted by molar-refractivity contribution is -0.116. The molecule has 8 heteroatoms. The molecular formula is C24H27N3O4S. The third-order valence-electron chi connectivity index (χ3n) is 6.09. The van der Waals surface area contributed by atoms with Gasteiger partial charge in [-0.3, -0.25) is 14.2 Å². The van der Waals surface area contributed by atoms with Crippen molar-refractivity contribution in [3.05, 3.63) is 44.8 Å². The van der Waals surface area contributed by atoms with Gasteiger partial charge in [-0.15, -0.1) is 11.3 Å². The average Bonchev–Trinajstić information content (AvgIpc) is 3.33. The second-order valence-corrected chi connectivity index (χ2v) is 9.54. The second kappa shape index (κ2) is 8.58. The fourth-order valence-electron chi connectivity index (χ4n) is 4.59. The van der Waals surface area contributed by atoms with Gasteiger partial charge in [0.05, 0.1) is 24.0 Å². The molecule has 0 unspecified atom stereocenters. The van der Waals surface area contributed by atoms with Crippen LogP contribution in [0.5, 0.6) is 11.5 Å². The number of nitrogens with one attached hydrogen (secondary N) is 1. The molecule has 1 amide bonds. The van der Waals surface area contributed by atoms with E-state index in [1.54, 1.807) is 22.2 Å². The number of nitrogens with zero attached hydrogens (tertiary/aromatic N) is 2. The van der Waals surface area contributed by atoms with Crippen molar-refractivity contribution in [2.45, 2.75) is 65.0 Å². The molecule has 0 saturated heterocycles. The standard InChI is InChI=1S/C24H27N3O4S/c1-3-30-19-11-15-10-14(2)31-18(15)12-17(19)26-21(28)8-9-27-13-25-23-22(24(27)29)16-6-4-5-7-20(16)32-23/h11-14H,3-10H2,1-2H3,(H,26,28)/t14-/m1/s1. The highest BCUT2D eigenvalue weighted by molar-refractivity contribution is 7.18. The van der Waals surface area contributed by atoms with E-state index in [0.29, 0.717) is 18.0 Å². The van der Waals surface area contributed by atoms with E-state index in [1.807, 2.05) is 26.0 Å². The maximum Gasteiger partial charge on any atom is 0.262 e. The first kappa shape index (κ1) is 21.0. The number of anilines is 1. The summed E-state index contributed by atoms with van der Waals surface area (Å²) in [5.41, 5.74) is 2.81. The first-order valence-electron chi connectivity index (χ1n) is 11.3. The van der Waals surface area contributed by atoms with E-state index in [2.05, 4.69) is 10.3 Å². The van der Waals surface area contributed by atoms with Gasteiger partial charge in [-0.1, -0.05) is 0 Å². The first-order valence-corrected chi connectivity index (χ1v) is 12.1. The molecule has 7 nitrogen and oxygen atoms in total. The Balaban J connectivity index is 1.33.